The first-order valence-electron chi connectivity index (χ1n) is 5.85. The molecule has 1 aromatic carbocycles. The van der Waals surface area contributed by atoms with Gasteiger partial charge >= 0.3 is 0 Å². The fourth-order valence-electron chi connectivity index (χ4n) is 1.48. The predicted octanol–water partition coefficient (Wildman–Crippen LogP) is 1.20. The Labute approximate surface area is 120 Å². The largest absolute Gasteiger partial charge is 0.325 e. The van der Waals surface area contributed by atoms with Crippen LogP contribution in [0, 0.1) is 11.3 Å². The lowest BCUT2D eigenvalue weighted by molar-refractivity contribution is -0.115. The third-order valence-corrected chi connectivity index (χ3v) is 3.48. The molecule has 0 bridgehead atoms. The van der Waals surface area contributed by atoms with Crippen molar-refractivity contribution in [2.24, 2.45) is 7.05 Å². The van der Waals surface area contributed by atoms with Crippen LogP contribution >= 0.6 is 11.8 Å². The van der Waals surface area contributed by atoms with Gasteiger partial charge in [-0.15, -0.1) is 5.10 Å². The van der Waals surface area contributed by atoms with Gasteiger partial charge in [0.25, 0.3) is 0 Å². The molecule has 0 radical (unpaired) electrons. The molecular formula is C12H12N6OS. The smallest absolute Gasteiger partial charge is 0.225 e. The van der Waals surface area contributed by atoms with Crippen LogP contribution in [-0.4, -0.2) is 31.9 Å². The summed E-state index contributed by atoms with van der Waals surface area (Å²) in [5.74, 6) is 0.421. The molecule has 7 nitrogen and oxygen atoms in total. The van der Waals surface area contributed by atoms with Gasteiger partial charge in [-0.2, -0.15) is 5.26 Å². The van der Waals surface area contributed by atoms with Gasteiger partial charge in [-0.3, -0.25) is 4.79 Å². The Morgan fingerprint density at radius 2 is 2.30 bits per heavy atom. The van der Waals surface area contributed by atoms with Crippen LogP contribution in [0.1, 0.15) is 12.0 Å². The van der Waals surface area contributed by atoms with Crippen molar-refractivity contribution < 1.29 is 4.79 Å². The first kappa shape index (κ1) is 14.0. The molecule has 0 fully saturated rings. The number of aryl methyl sites for hydroxylation is 1. The molecule has 0 aliphatic carbocycles. The molecule has 8 heteroatoms. The number of nitrogens with one attached hydrogen (secondary N) is 1. The number of hydrogen-bond donors (Lipinski definition) is 1. The number of tetrazole rings is 1. The normalized spacial score (nSPS) is 10.0. The summed E-state index contributed by atoms with van der Waals surface area (Å²) >= 11 is 1.40. The number of benzene rings is 1. The highest BCUT2D eigenvalue weighted by molar-refractivity contribution is 7.99. The van der Waals surface area contributed by atoms with E-state index in [0.717, 1.165) is 0 Å². The third kappa shape index (κ3) is 3.55. The number of hydrogen-bond acceptors (Lipinski definition) is 6. The van der Waals surface area contributed by atoms with Crippen molar-refractivity contribution >= 4 is 23.4 Å². The zero-order chi connectivity index (χ0) is 14.4. The molecule has 20 heavy (non-hydrogen) atoms. The first-order chi connectivity index (χ1) is 9.70. The number of anilines is 1. The Kier molecular flexibility index (Phi) is 4.68. The molecule has 1 heterocycles. The van der Waals surface area contributed by atoms with Crippen molar-refractivity contribution in [1.82, 2.24) is 20.2 Å². The molecule has 0 atom stereocenters. The van der Waals surface area contributed by atoms with Crippen molar-refractivity contribution in [3.63, 3.8) is 0 Å². The molecule has 2 rings (SSSR count). The topological polar surface area (TPSA) is 96.5 Å². The van der Waals surface area contributed by atoms with Crippen LogP contribution < -0.4 is 5.32 Å². The standard InChI is InChI=1S/C12H12N6OS/c1-18-12(15-16-17-18)20-7-6-11(19)14-10-5-3-2-4-9(10)8-13/h2-5H,6-7H2,1H3,(H,14,19). The van der Waals surface area contributed by atoms with Crippen molar-refractivity contribution in [3.8, 4) is 6.07 Å². The van der Waals surface area contributed by atoms with Crippen LogP contribution in [-0.2, 0) is 11.8 Å². The Bertz CT molecular complexity index is 647. The molecule has 2 aromatic rings. The van der Waals surface area contributed by atoms with Gasteiger partial charge in [-0.1, -0.05) is 23.9 Å². The van der Waals surface area contributed by atoms with Crippen LogP contribution in [0.3, 0.4) is 0 Å². The molecule has 0 spiro atoms. The number of amides is 1. The highest BCUT2D eigenvalue weighted by Crippen LogP contribution is 2.16. The van der Waals surface area contributed by atoms with E-state index in [-0.39, 0.29) is 5.91 Å². The van der Waals surface area contributed by atoms with Gasteiger partial charge < -0.3 is 5.32 Å². The molecule has 0 unspecified atom stereocenters. The van der Waals surface area contributed by atoms with E-state index in [1.807, 2.05) is 6.07 Å². The van der Waals surface area contributed by atoms with Gasteiger partial charge in [0.15, 0.2) is 0 Å². The van der Waals surface area contributed by atoms with E-state index in [1.165, 1.54) is 11.8 Å². The molecule has 0 saturated heterocycles. The molecule has 102 valence electrons. The average Bonchev–Trinajstić information content (AvgIpc) is 2.85. The number of nitrogens with zero attached hydrogens (tertiary/aromatic N) is 5. The molecule has 1 aromatic heterocycles. The summed E-state index contributed by atoms with van der Waals surface area (Å²) in [5, 5.41) is 23.4. The Hall–Kier alpha value is -2.40. The summed E-state index contributed by atoms with van der Waals surface area (Å²) in [4.78, 5) is 11.8. The van der Waals surface area contributed by atoms with Gasteiger partial charge in [-0.25, -0.2) is 4.68 Å². The van der Waals surface area contributed by atoms with E-state index in [1.54, 1.807) is 36.0 Å². The second-order valence-electron chi connectivity index (χ2n) is 3.89. The zero-order valence-corrected chi connectivity index (χ0v) is 11.6. The number of nitriles is 1. The molecule has 0 saturated carbocycles. The minimum Gasteiger partial charge on any atom is -0.325 e. The fraction of sp³-hybridized carbons (Fsp3) is 0.250. The monoisotopic (exact) mass is 288 g/mol. The lowest BCUT2D eigenvalue weighted by atomic mass is 10.2. The van der Waals surface area contributed by atoms with Gasteiger partial charge in [0.2, 0.25) is 11.1 Å². The Morgan fingerprint density at radius 3 is 3.00 bits per heavy atom. The molecule has 0 aliphatic rings. The second-order valence-corrected chi connectivity index (χ2v) is 4.95. The van der Waals surface area contributed by atoms with Gasteiger partial charge in [0, 0.05) is 19.2 Å². The predicted molar refractivity (Wildman–Crippen MR) is 73.9 cm³/mol. The average molecular weight is 288 g/mol. The number of aromatic nitrogens is 4. The first-order valence-corrected chi connectivity index (χ1v) is 6.83. The van der Waals surface area contributed by atoms with E-state index in [0.29, 0.717) is 28.6 Å². The summed E-state index contributed by atoms with van der Waals surface area (Å²) in [6.07, 6.45) is 0.317. The Balaban J connectivity index is 1.84. The summed E-state index contributed by atoms with van der Waals surface area (Å²) in [6, 6.07) is 8.93. The van der Waals surface area contributed by atoms with Crippen molar-refractivity contribution in [2.45, 2.75) is 11.6 Å². The van der Waals surface area contributed by atoms with Crippen LogP contribution in [0.15, 0.2) is 29.4 Å². The van der Waals surface area contributed by atoms with Gasteiger partial charge in [0.05, 0.1) is 11.3 Å². The third-order valence-electron chi connectivity index (χ3n) is 2.46. The molecular weight excluding hydrogens is 276 g/mol. The maximum absolute atomic E-state index is 11.8. The van der Waals surface area contributed by atoms with Crippen LogP contribution in [0.2, 0.25) is 0 Å². The van der Waals surface area contributed by atoms with Crippen LogP contribution in [0.4, 0.5) is 5.69 Å². The fourth-order valence-corrected chi connectivity index (χ4v) is 2.27. The maximum atomic E-state index is 11.8. The highest BCUT2D eigenvalue weighted by atomic mass is 32.2. The Morgan fingerprint density at radius 1 is 1.50 bits per heavy atom. The molecule has 0 aliphatic heterocycles. The molecule has 1 N–H and O–H groups in total. The zero-order valence-electron chi connectivity index (χ0n) is 10.8. The quantitative estimate of drug-likeness (QED) is 0.830. The lowest BCUT2D eigenvalue weighted by Gasteiger charge is -2.06. The van der Waals surface area contributed by atoms with E-state index >= 15 is 0 Å². The maximum Gasteiger partial charge on any atom is 0.225 e. The van der Waals surface area contributed by atoms with E-state index in [9.17, 15) is 4.79 Å². The van der Waals surface area contributed by atoms with Crippen LogP contribution in [0.5, 0.6) is 0 Å². The van der Waals surface area contributed by atoms with E-state index < -0.39 is 0 Å². The number of para-hydroxylation sites is 1. The van der Waals surface area contributed by atoms with Crippen LogP contribution in [0.25, 0.3) is 0 Å². The second kappa shape index (κ2) is 6.68. The molecule has 1 amide bonds. The summed E-state index contributed by atoms with van der Waals surface area (Å²) in [6.45, 7) is 0. The van der Waals surface area contributed by atoms with Gasteiger partial charge in [0.1, 0.15) is 6.07 Å². The van der Waals surface area contributed by atoms with Crippen molar-refractivity contribution in [2.75, 3.05) is 11.1 Å². The van der Waals surface area contributed by atoms with Crippen molar-refractivity contribution in [3.05, 3.63) is 29.8 Å². The summed E-state index contributed by atoms with van der Waals surface area (Å²) < 4.78 is 1.55. The number of thioether (sulfide) groups is 1. The number of carbonyl (C=O) groups is 1. The summed E-state index contributed by atoms with van der Waals surface area (Å²) in [7, 11) is 1.74. The SMILES string of the molecule is Cn1nnnc1SCCC(=O)Nc1ccccc1C#N. The lowest BCUT2D eigenvalue weighted by Crippen LogP contribution is -2.13. The number of rotatable bonds is 5. The number of carbonyl (C=O) groups excluding carboxylic acids is 1. The van der Waals surface area contributed by atoms with Crippen molar-refractivity contribution in [1.29, 1.82) is 5.26 Å². The van der Waals surface area contributed by atoms with Gasteiger partial charge in [-0.05, 0) is 22.6 Å². The minimum absolute atomic E-state index is 0.143. The summed E-state index contributed by atoms with van der Waals surface area (Å²) in [5.41, 5.74) is 0.983. The van der Waals surface area contributed by atoms with E-state index in [4.69, 9.17) is 5.26 Å². The van der Waals surface area contributed by atoms with E-state index in [2.05, 4.69) is 20.8 Å². The minimum atomic E-state index is -0.143. The highest BCUT2D eigenvalue weighted by Gasteiger charge is 2.08.